The zero-order valence-corrected chi connectivity index (χ0v) is 11.7. The Labute approximate surface area is 114 Å². The molecule has 0 amide bonds. The molecule has 1 aliphatic heterocycles. The Kier molecular flexibility index (Phi) is 4.77. The molecule has 1 heterocycles. The minimum Gasteiger partial charge on any atom is -0.494 e. The lowest BCUT2D eigenvalue weighted by molar-refractivity contribution is 0.125. The number of likely N-dealkylation sites (tertiary alicyclic amines) is 1. The molecular formula is C15H23FN2O. The SMILES string of the molecule is COc1cccc(CN2CCC(C)C(CN)C2)c1F. The maximum Gasteiger partial charge on any atom is 0.169 e. The Morgan fingerprint density at radius 2 is 2.26 bits per heavy atom. The molecule has 2 N–H and O–H groups in total. The van der Waals surface area contributed by atoms with Gasteiger partial charge in [0.15, 0.2) is 11.6 Å². The number of benzene rings is 1. The second-order valence-corrected chi connectivity index (χ2v) is 5.43. The standard InChI is InChI=1S/C15H23FN2O/c1-11-6-7-18(10-13(11)8-17)9-12-4-3-5-14(19-2)15(12)16/h3-5,11,13H,6-10,17H2,1-2H3. The van der Waals surface area contributed by atoms with Gasteiger partial charge in [0.2, 0.25) is 0 Å². The highest BCUT2D eigenvalue weighted by Gasteiger charge is 2.25. The van der Waals surface area contributed by atoms with Crippen molar-refractivity contribution in [2.45, 2.75) is 19.9 Å². The average molecular weight is 266 g/mol. The summed E-state index contributed by atoms with van der Waals surface area (Å²) in [5, 5.41) is 0. The van der Waals surface area contributed by atoms with E-state index in [9.17, 15) is 4.39 Å². The highest BCUT2D eigenvalue weighted by atomic mass is 19.1. The fourth-order valence-corrected chi connectivity index (χ4v) is 2.75. The second-order valence-electron chi connectivity index (χ2n) is 5.43. The summed E-state index contributed by atoms with van der Waals surface area (Å²) in [7, 11) is 1.50. The van der Waals surface area contributed by atoms with Crippen LogP contribution in [0.1, 0.15) is 18.9 Å². The number of halogens is 1. The molecule has 1 aromatic carbocycles. The molecule has 0 radical (unpaired) electrons. The van der Waals surface area contributed by atoms with Crippen molar-refractivity contribution in [1.29, 1.82) is 0 Å². The Morgan fingerprint density at radius 1 is 1.47 bits per heavy atom. The van der Waals surface area contributed by atoms with E-state index in [2.05, 4.69) is 11.8 Å². The molecule has 0 aliphatic carbocycles. The first-order valence-corrected chi connectivity index (χ1v) is 6.89. The van der Waals surface area contributed by atoms with Crippen LogP contribution < -0.4 is 10.5 Å². The van der Waals surface area contributed by atoms with Gasteiger partial charge in [0.1, 0.15) is 0 Å². The van der Waals surface area contributed by atoms with E-state index in [0.29, 0.717) is 36.2 Å². The molecule has 106 valence electrons. The van der Waals surface area contributed by atoms with Crippen LogP contribution in [0, 0.1) is 17.7 Å². The van der Waals surface area contributed by atoms with Gasteiger partial charge in [-0.25, -0.2) is 4.39 Å². The lowest BCUT2D eigenvalue weighted by atomic mass is 9.87. The van der Waals surface area contributed by atoms with Gasteiger partial charge in [-0.3, -0.25) is 4.90 Å². The Balaban J connectivity index is 2.05. The molecule has 4 heteroatoms. The van der Waals surface area contributed by atoms with Gasteiger partial charge >= 0.3 is 0 Å². The maximum atomic E-state index is 14.1. The smallest absolute Gasteiger partial charge is 0.169 e. The van der Waals surface area contributed by atoms with Gasteiger partial charge in [0, 0.05) is 18.7 Å². The topological polar surface area (TPSA) is 38.5 Å². The first kappa shape index (κ1) is 14.3. The van der Waals surface area contributed by atoms with Crippen molar-refractivity contribution in [2.75, 3.05) is 26.7 Å². The normalized spacial score (nSPS) is 24.4. The third-order valence-corrected chi connectivity index (χ3v) is 4.16. The summed E-state index contributed by atoms with van der Waals surface area (Å²) in [5.74, 6) is 1.25. The monoisotopic (exact) mass is 266 g/mol. The minimum atomic E-state index is -0.243. The summed E-state index contributed by atoms with van der Waals surface area (Å²) in [5.41, 5.74) is 6.50. The van der Waals surface area contributed by atoms with E-state index in [1.165, 1.54) is 7.11 Å². The molecule has 1 fully saturated rings. The lowest BCUT2D eigenvalue weighted by Crippen LogP contribution is -2.42. The summed E-state index contributed by atoms with van der Waals surface area (Å²) < 4.78 is 19.1. The van der Waals surface area contributed by atoms with E-state index >= 15 is 0 Å². The fraction of sp³-hybridized carbons (Fsp3) is 0.600. The molecule has 0 aromatic heterocycles. The van der Waals surface area contributed by atoms with E-state index in [1.54, 1.807) is 6.07 Å². The van der Waals surface area contributed by atoms with Crippen molar-refractivity contribution >= 4 is 0 Å². The van der Waals surface area contributed by atoms with Crippen molar-refractivity contribution in [3.05, 3.63) is 29.6 Å². The van der Waals surface area contributed by atoms with Gasteiger partial charge in [0.25, 0.3) is 0 Å². The van der Waals surface area contributed by atoms with E-state index in [1.807, 2.05) is 12.1 Å². The molecule has 2 atom stereocenters. The van der Waals surface area contributed by atoms with Crippen LogP contribution in [-0.4, -0.2) is 31.6 Å². The lowest BCUT2D eigenvalue weighted by Gasteiger charge is -2.36. The number of hydrogen-bond acceptors (Lipinski definition) is 3. The zero-order chi connectivity index (χ0) is 13.8. The fourth-order valence-electron chi connectivity index (χ4n) is 2.75. The molecule has 2 rings (SSSR count). The van der Waals surface area contributed by atoms with Gasteiger partial charge in [-0.05, 0) is 37.4 Å². The number of ether oxygens (including phenoxy) is 1. The molecule has 1 saturated heterocycles. The van der Waals surface area contributed by atoms with Gasteiger partial charge < -0.3 is 10.5 Å². The molecule has 1 aliphatic rings. The molecule has 0 saturated carbocycles. The van der Waals surface area contributed by atoms with Gasteiger partial charge in [-0.1, -0.05) is 19.1 Å². The van der Waals surface area contributed by atoms with E-state index < -0.39 is 0 Å². The van der Waals surface area contributed by atoms with Crippen molar-refractivity contribution < 1.29 is 9.13 Å². The van der Waals surface area contributed by atoms with Crippen molar-refractivity contribution in [3.63, 3.8) is 0 Å². The maximum absolute atomic E-state index is 14.1. The van der Waals surface area contributed by atoms with Crippen LogP contribution in [0.5, 0.6) is 5.75 Å². The van der Waals surface area contributed by atoms with Crippen LogP contribution >= 0.6 is 0 Å². The summed E-state index contributed by atoms with van der Waals surface area (Å²) in [6.07, 6.45) is 1.13. The van der Waals surface area contributed by atoms with Crippen LogP contribution in [-0.2, 0) is 6.54 Å². The van der Waals surface area contributed by atoms with Crippen molar-refractivity contribution in [1.82, 2.24) is 4.90 Å². The quantitative estimate of drug-likeness (QED) is 0.908. The molecular weight excluding hydrogens is 243 g/mol. The summed E-state index contributed by atoms with van der Waals surface area (Å²) in [4.78, 5) is 2.29. The number of rotatable bonds is 4. The second kappa shape index (κ2) is 6.35. The first-order valence-electron chi connectivity index (χ1n) is 6.89. The third kappa shape index (κ3) is 3.25. The summed E-state index contributed by atoms with van der Waals surface area (Å²) in [6, 6.07) is 5.32. The molecule has 19 heavy (non-hydrogen) atoms. The van der Waals surface area contributed by atoms with E-state index in [-0.39, 0.29) is 5.82 Å². The first-order chi connectivity index (χ1) is 9.15. The summed E-state index contributed by atoms with van der Waals surface area (Å²) in [6.45, 7) is 5.55. The molecule has 2 unspecified atom stereocenters. The predicted molar refractivity (Wildman–Crippen MR) is 74.6 cm³/mol. The molecule has 3 nitrogen and oxygen atoms in total. The zero-order valence-electron chi connectivity index (χ0n) is 11.7. The van der Waals surface area contributed by atoms with Gasteiger partial charge in [-0.2, -0.15) is 0 Å². The average Bonchev–Trinajstić information content (AvgIpc) is 2.43. The molecule has 0 spiro atoms. The third-order valence-electron chi connectivity index (χ3n) is 4.16. The van der Waals surface area contributed by atoms with Gasteiger partial charge in [-0.15, -0.1) is 0 Å². The van der Waals surface area contributed by atoms with Crippen LogP contribution in [0.2, 0.25) is 0 Å². The minimum absolute atomic E-state index is 0.243. The number of hydrogen-bond donors (Lipinski definition) is 1. The Bertz CT molecular complexity index is 425. The van der Waals surface area contributed by atoms with Crippen LogP contribution in [0.25, 0.3) is 0 Å². The summed E-state index contributed by atoms with van der Waals surface area (Å²) >= 11 is 0. The van der Waals surface area contributed by atoms with E-state index in [4.69, 9.17) is 10.5 Å². The number of nitrogens with two attached hydrogens (primary N) is 1. The van der Waals surface area contributed by atoms with Gasteiger partial charge in [0.05, 0.1) is 7.11 Å². The van der Waals surface area contributed by atoms with Crippen molar-refractivity contribution in [2.24, 2.45) is 17.6 Å². The van der Waals surface area contributed by atoms with Crippen LogP contribution in [0.15, 0.2) is 18.2 Å². The largest absolute Gasteiger partial charge is 0.494 e. The number of piperidine rings is 1. The predicted octanol–water partition coefficient (Wildman–Crippen LogP) is 2.25. The van der Waals surface area contributed by atoms with Crippen molar-refractivity contribution in [3.8, 4) is 5.75 Å². The highest BCUT2D eigenvalue weighted by molar-refractivity contribution is 5.31. The van der Waals surface area contributed by atoms with Crippen LogP contribution in [0.4, 0.5) is 4.39 Å². The number of nitrogens with zero attached hydrogens (tertiary/aromatic N) is 1. The Hall–Kier alpha value is -1.13. The van der Waals surface area contributed by atoms with Crippen LogP contribution in [0.3, 0.4) is 0 Å². The Morgan fingerprint density at radius 3 is 2.95 bits per heavy atom. The highest BCUT2D eigenvalue weighted by Crippen LogP contribution is 2.26. The van der Waals surface area contributed by atoms with E-state index in [0.717, 1.165) is 19.5 Å². The molecule has 1 aromatic rings. The number of methoxy groups -OCH3 is 1. The molecule has 0 bridgehead atoms.